The Labute approximate surface area is 101 Å². The van der Waals surface area contributed by atoms with Crippen LogP contribution >= 0.6 is 0 Å². The molecule has 1 unspecified atom stereocenters. The fraction of sp³-hybridized carbons (Fsp3) is 0.867. The Morgan fingerprint density at radius 1 is 1.00 bits per heavy atom. The van der Waals surface area contributed by atoms with E-state index >= 15 is 0 Å². The Hall–Kier alpha value is -0.300. The van der Waals surface area contributed by atoms with Crippen LogP contribution in [0.25, 0.3) is 0 Å². The van der Waals surface area contributed by atoms with E-state index in [1.54, 1.807) is 0 Å². The van der Waals surface area contributed by atoms with Crippen molar-refractivity contribution >= 4 is 0 Å². The molecule has 1 heteroatoms. The second-order valence-electron chi connectivity index (χ2n) is 5.65. The van der Waals surface area contributed by atoms with Crippen LogP contribution < -0.4 is 5.32 Å². The maximum absolute atomic E-state index is 3.87. The molecule has 0 radical (unpaired) electrons. The largest absolute Gasteiger partial charge is 0.311 e. The van der Waals surface area contributed by atoms with Gasteiger partial charge in [0.05, 0.1) is 0 Å². The van der Waals surface area contributed by atoms with Crippen molar-refractivity contribution in [2.24, 2.45) is 5.92 Å². The van der Waals surface area contributed by atoms with Gasteiger partial charge in [0.1, 0.15) is 0 Å². The summed E-state index contributed by atoms with van der Waals surface area (Å²) in [4.78, 5) is 0. The fourth-order valence-electron chi connectivity index (χ4n) is 3.30. The SMILES string of the molecule is CCCC1CCC(NC2CC=CCC2)CC1. The van der Waals surface area contributed by atoms with Crippen molar-refractivity contribution in [3.05, 3.63) is 12.2 Å². The van der Waals surface area contributed by atoms with Crippen LogP contribution in [0.3, 0.4) is 0 Å². The Kier molecular flexibility index (Phi) is 4.90. The Morgan fingerprint density at radius 2 is 1.81 bits per heavy atom. The highest BCUT2D eigenvalue weighted by molar-refractivity contribution is 4.94. The van der Waals surface area contributed by atoms with E-state index in [0.717, 1.165) is 18.0 Å². The molecule has 0 aromatic heterocycles. The zero-order valence-corrected chi connectivity index (χ0v) is 10.8. The monoisotopic (exact) mass is 221 g/mol. The minimum atomic E-state index is 0.776. The van der Waals surface area contributed by atoms with E-state index in [2.05, 4.69) is 24.4 Å². The van der Waals surface area contributed by atoms with Gasteiger partial charge in [0, 0.05) is 12.1 Å². The summed E-state index contributed by atoms with van der Waals surface area (Å²) in [5.74, 6) is 1.04. The van der Waals surface area contributed by atoms with E-state index in [9.17, 15) is 0 Å². The van der Waals surface area contributed by atoms with Crippen molar-refractivity contribution in [2.45, 2.75) is 76.8 Å². The standard InChI is InChI=1S/C15H27N/c1-2-6-13-9-11-15(12-10-13)16-14-7-4-3-5-8-14/h3-4,13-16H,2,5-12H2,1H3. The first-order chi connectivity index (χ1) is 7.88. The highest BCUT2D eigenvalue weighted by Gasteiger charge is 2.22. The van der Waals surface area contributed by atoms with Gasteiger partial charge in [0.25, 0.3) is 0 Å². The molecule has 0 aromatic rings. The number of rotatable bonds is 4. The summed E-state index contributed by atoms with van der Waals surface area (Å²) in [6.07, 6.45) is 17.2. The molecule has 0 saturated heterocycles. The molecule has 1 saturated carbocycles. The van der Waals surface area contributed by atoms with Crippen molar-refractivity contribution < 1.29 is 0 Å². The van der Waals surface area contributed by atoms with Crippen LogP contribution in [0, 0.1) is 5.92 Å². The van der Waals surface area contributed by atoms with E-state index in [0.29, 0.717) is 0 Å². The van der Waals surface area contributed by atoms with Gasteiger partial charge in [-0.3, -0.25) is 0 Å². The molecule has 16 heavy (non-hydrogen) atoms. The second kappa shape index (κ2) is 6.44. The molecule has 92 valence electrons. The highest BCUT2D eigenvalue weighted by Crippen LogP contribution is 2.28. The van der Waals surface area contributed by atoms with Gasteiger partial charge >= 0.3 is 0 Å². The molecular weight excluding hydrogens is 194 g/mol. The summed E-state index contributed by atoms with van der Waals surface area (Å²) >= 11 is 0. The topological polar surface area (TPSA) is 12.0 Å². The average molecular weight is 221 g/mol. The van der Waals surface area contributed by atoms with Crippen LogP contribution in [0.1, 0.15) is 64.7 Å². The molecule has 1 N–H and O–H groups in total. The third kappa shape index (κ3) is 3.62. The van der Waals surface area contributed by atoms with Crippen molar-refractivity contribution in [3.63, 3.8) is 0 Å². The third-order valence-corrected chi connectivity index (χ3v) is 4.28. The minimum Gasteiger partial charge on any atom is -0.311 e. The predicted octanol–water partition coefficient (Wildman–Crippen LogP) is 4.04. The number of nitrogens with one attached hydrogen (secondary N) is 1. The van der Waals surface area contributed by atoms with Crippen molar-refractivity contribution in [3.8, 4) is 0 Å². The lowest BCUT2D eigenvalue weighted by atomic mass is 9.83. The van der Waals surface area contributed by atoms with Gasteiger partial charge in [-0.2, -0.15) is 0 Å². The first-order valence-corrected chi connectivity index (χ1v) is 7.29. The predicted molar refractivity (Wildman–Crippen MR) is 70.6 cm³/mol. The average Bonchev–Trinajstić information content (AvgIpc) is 2.33. The van der Waals surface area contributed by atoms with Gasteiger partial charge in [0.15, 0.2) is 0 Å². The zero-order valence-electron chi connectivity index (χ0n) is 10.8. The smallest absolute Gasteiger partial charge is 0.0107 e. The van der Waals surface area contributed by atoms with E-state index in [4.69, 9.17) is 0 Å². The summed E-state index contributed by atoms with van der Waals surface area (Å²) in [6.45, 7) is 2.32. The van der Waals surface area contributed by atoms with E-state index in [-0.39, 0.29) is 0 Å². The van der Waals surface area contributed by atoms with Crippen LogP contribution in [0.4, 0.5) is 0 Å². The van der Waals surface area contributed by atoms with Gasteiger partial charge in [-0.1, -0.05) is 31.9 Å². The van der Waals surface area contributed by atoms with Crippen molar-refractivity contribution in [1.82, 2.24) is 5.32 Å². The lowest BCUT2D eigenvalue weighted by Crippen LogP contribution is -2.40. The molecule has 2 aliphatic rings. The van der Waals surface area contributed by atoms with Gasteiger partial charge in [0.2, 0.25) is 0 Å². The molecule has 0 amide bonds. The Balaban J connectivity index is 1.66. The fourth-order valence-corrected chi connectivity index (χ4v) is 3.30. The van der Waals surface area contributed by atoms with Gasteiger partial charge in [-0.25, -0.2) is 0 Å². The molecule has 2 aliphatic carbocycles. The quantitative estimate of drug-likeness (QED) is 0.706. The van der Waals surface area contributed by atoms with E-state index in [1.807, 2.05) is 0 Å². The van der Waals surface area contributed by atoms with Crippen molar-refractivity contribution in [2.75, 3.05) is 0 Å². The summed E-state index contributed by atoms with van der Waals surface area (Å²) in [7, 11) is 0. The lowest BCUT2D eigenvalue weighted by molar-refractivity contribution is 0.258. The minimum absolute atomic E-state index is 0.776. The molecule has 0 aliphatic heterocycles. The molecule has 1 atom stereocenters. The first-order valence-electron chi connectivity index (χ1n) is 7.29. The van der Waals surface area contributed by atoms with Crippen LogP contribution in [-0.2, 0) is 0 Å². The molecule has 1 nitrogen and oxygen atoms in total. The third-order valence-electron chi connectivity index (χ3n) is 4.28. The zero-order chi connectivity index (χ0) is 11.2. The normalized spacial score (nSPS) is 35.2. The molecule has 0 heterocycles. The summed E-state index contributed by atoms with van der Waals surface area (Å²) in [6, 6.07) is 1.60. The maximum atomic E-state index is 3.87. The van der Waals surface area contributed by atoms with E-state index < -0.39 is 0 Å². The summed E-state index contributed by atoms with van der Waals surface area (Å²) in [5.41, 5.74) is 0. The number of allylic oxidation sites excluding steroid dienone is 1. The maximum Gasteiger partial charge on any atom is 0.0107 e. The highest BCUT2D eigenvalue weighted by atomic mass is 14.9. The number of hydrogen-bond donors (Lipinski definition) is 1. The van der Waals surface area contributed by atoms with Crippen LogP contribution in [0.2, 0.25) is 0 Å². The molecule has 0 bridgehead atoms. The Morgan fingerprint density at radius 3 is 2.44 bits per heavy atom. The molecule has 0 spiro atoms. The van der Waals surface area contributed by atoms with Crippen LogP contribution in [0.5, 0.6) is 0 Å². The van der Waals surface area contributed by atoms with Crippen LogP contribution in [-0.4, -0.2) is 12.1 Å². The van der Waals surface area contributed by atoms with Gasteiger partial charge < -0.3 is 5.32 Å². The molecular formula is C15H27N. The first kappa shape index (κ1) is 12.2. The summed E-state index contributed by atoms with van der Waals surface area (Å²) < 4.78 is 0. The number of hydrogen-bond acceptors (Lipinski definition) is 1. The molecule has 2 rings (SSSR count). The summed E-state index contributed by atoms with van der Waals surface area (Å²) in [5, 5.41) is 3.87. The van der Waals surface area contributed by atoms with Gasteiger partial charge in [-0.15, -0.1) is 0 Å². The van der Waals surface area contributed by atoms with Crippen LogP contribution in [0.15, 0.2) is 12.2 Å². The molecule has 0 aromatic carbocycles. The van der Waals surface area contributed by atoms with E-state index in [1.165, 1.54) is 57.8 Å². The Bertz CT molecular complexity index is 213. The lowest BCUT2D eigenvalue weighted by Gasteiger charge is -2.32. The van der Waals surface area contributed by atoms with Gasteiger partial charge in [-0.05, 0) is 50.9 Å². The second-order valence-corrected chi connectivity index (χ2v) is 5.65. The van der Waals surface area contributed by atoms with Crippen molar-refractivity contribution in [1.29, 1.82) is 0 Å². The molecule has 1 fully saturated rings.